The van der Waals surface area contributed by atoms with Gasteiger partial charge in [-0.15, -0.1) is 0 Å². The van der Waals surface area contributed by atoms with Crippen molar-refractivity contribution in [2.24, 2.45) is 17.8 Å². The van der Waals surface area contributed by atoms with Crippen molar-refractivity contribution in [3.63, 3.8) is 0 Å². The zero-order valence-electron chi connectivity index (χ0n) is 39.1. The average Bonchev–Trinajstić information content (AvgIpc) is 3.95. The number of rotatable bonds is 20. The summed E-state index contributed by atoms with van der Waals surface area (Å²) in [4.78, 5) is 69.9. The Morgan fingerprint density at radius 2 is 1.52 bits per heavy atom. The van der Waals surface area contributed by atoms with Crippen LogP contribution in [0.4, 0.5) is 0 Å². The number of nitrogens with zero attached hydrogens (tertiary/aromatic N) is 2. The third kappa shape index (κ3) is 10.5. The van der Waals surface area contributed by atoms with Crippen molar-refractivity contribution in [1.82, 2.24) is 19.9 Å². The van der Waals surface area contributed by atoms with Crippen molar-refractivity contribution in [1.29, 1.82) is 0 Å². The van der Waals surface area contributed by atoms with Gasteiger partial charge in [-0.2, -0.15) is 0 Å². The molecule has 10 nitrogen and oxygen atoms in total. The molecule has 6 heterocycles. The summed E-state index contributed by atoms with van der Waals surface area (Å²) in [7, 11) is 0. The van der Waals surface area contributed by atoms with Gasteiger partial charge in [-0.25, -0.2) is 19.6 Å². The third-order valence-electron chi connectivity index (χ3n) is 13.9. The predicted molar refractivity (Wildman–Crippen MR) is 252 cm³/mol. The Kier molecular flexibility index (Phi) is 15.6. The molecule has 0 aliphatic carbocycles. The fourth-order valence-electron chi connectivity index (χ4n) is 9.52. The lowest BCUT2D eigenvalue weighted by atomic mass is 9.85. The van der Waals surface area contributed by atoms with Crippen LogP contribution in [0.2, 0.25) is 0 Å². The molecule has 8 bridgehead atoms. The van der Waals surface area contributed by atoms with E-state index in [0.717, 1.165) is 58.9 Å². The van der Waals surface area contributed by atoms with Crippen LogP contribution in [0, 0.1) is 24.7 Å². The van der Waals surface area contributed by atoms with E-state index in [-0.39, 0.29) is 42.0 Å². The molecule has 336 valence electrons. The Morgan fingerprint density at radius 1 is 0.873 bits per heavy atom. The zero-order valence-corrected chi connectivity index (χ0v) is 39.1. The summed E-state index contributed by atoms with van der Waals surface area (Å²) in [6.45, 7) is 23.5. The summed E-state index contributed by atoms with van der Waals surface area (Å²) in [6.07, 6.45) is 17.0. The molecule has 2 N–H and O–H groups in total. The minimum atomic E-state index is -0.776. The van der Waals surface area contributed by atoms with E-state index in [4.69, 9.17) is 19.4 Å². The molecule has 2 aromatic rings. The molecule has 0 aromatic carbocycles. The molecule has 0 fully saturated rings. The molecule has 0 saturated heterocycles. The van der Waals surface area contributed by atoms with Crippen molar-refractivity contribution >= 4 is 57.5 Å². The normalized spacial score (nSPS) is 18.3. The highest BCUT2D eigenvalue weighted by Crippen LogP contribution is 2.44. The minimum Gasteiger partial charge on any atom is -0.461 e. The molecule has 0 radical (unpaired) electrons. The lowest BCUT2D eigenvalue weighted by Gasteiger charge is -2.19. The second-order valence-corrected chi connectivity index (χ2v) is 18.6. The number of aromatic nitrogens is 4. The number of fused-ring (bicyclic) bond motifs is 8. The van der Waals surface area contributed by atoms with E-state index in [2.05, 4.69) is 57.2 Å². The first-order chi connectivity index (χ1) is 30.2. The van der Waals surface area contributed by atoms with Crippen LogP contribution in [0.3, 0.4) is 0 Å². The van der Waals surface area contributed by atoms with E-state index in [1.54, 1.807) is 13.0 Å². The number of H-pyrrole nitrogens is 2. The fourth-order valence-corrected chi connectivity index (χ4v) is 9.52. The SMILES string of the molecule is C=CC1=C(C)c2cc3[nH]c(c4c5[nH]c(cc6nc(cc1n2)C(C=O)=C6CC)c(C)c5C(=O)OC4=O)C(CCC(=O)OC/C(C)=C/CCC(C)CCCC(C)CCCC(C)CC)C3C. The highest BCUT2D eigenvalue weighted by atomic mass is 16.6. The Bertz CT molecular complexity index is 2430. The lowest BCUT2D eigenvalue weighted by Crippen LogP contribution is -2.21. The van der Waals surface area contributed by atoms with Gasteiger partial charge in [-0.05, 0) is 105 Å². The van der Waals surface area contributed by atoms with Gasteiger partial charge in [-0.3, -0.25) is 9.59 Å². The molecule has 10 heteroatoms. The number of carbonyl (C=O) groups excluding carboxylic acids is 4. The van der Waals surface area contributed by atoms with Crippen LogP contribution in [0.25, 0.3) is 33.3 Å². The number of cyclic esters (lactones) is 2. The molecule has 5 unspecified atom stereocenters. The average molecular weight is 857 g/mol. The van der Waals surface area contributed by atoms with Crippen LogP contribution >= 0.6 is 0 Å². The van der Waals surface area contributed by atoms with Gasteiger partial charge in [0.25, 0.3) is 0 Å². The van der Waals surface area contributed by atoms with Gasteiger partial charge >= 0.3 is 17.9 Å². The fraction of sp³-hybridized carbons (Fsp3) is 0.509. The minimum absolute atomic E-state index is 0.127. The zero-order chi connectivity index (χ0) is 45.5. The molecular weight excluding hydrogens is 789 g/mol. The van der Waals surface area contributed by atoms with E-state index < -0.39 is 11.9 Å². The number of aldehydes is 1. The molecule has 4 aliphatic rings. The second-order valence-electron chi connectivity index (χ2n) is 18.6. The van der Waals surface area contributed by atoms with Crippen LogP contribution in [-0.2, 0) is 19.1 Å². The number of carbonyl (C=O) groups is 4. The van der Waals surface area contributed by atoms with Gasteiger partial charge in [0, 0.05) is 46.3 Å². The lowest BCUT2D eigenvalue weighted by molar-refractivity contribution is -0.142. The first-order valence-corrected chi connectivity index (χ1v) is 23.4. The summed E-state index contributed by atoms with van der Waals surface area (Å²) in [6, 6.07) is 5.59. The molecule has 2 aromatic heterocycles. The Labute approximate surface area is 373 Å². The first-order valence-electron chi connectivity index (χ1n) is 23.4. The topological polar surface area (TPSA) is 144 Å². The van der Waals surface area contributed by atoms with Crippen molar-refractivity contribution in [2.75, 3.05) is 6.61 Å². The number of hydrogen-bond donors (Lipinski definition) is 2. The molecule has 4 aliphatic heterocycles. The summed E-state index contributed by atoms with van der Waals surface area (Å²) >= 11 is 0. The van der Waals surface area contributed by atoms with Gasteiger partial charge in [0.05, 0.1) is 33.9 Å². The third-order valence-corrected chi connectivity index (χ3v) is 13.9. The molecule has 63 heavy (non-hydrogen) atoms. The maximum atomic E-state index is 13.9. The molecule has 6 rings (SSSR count). The smallest absolute Gasteiger partial charge is 0.349 e. The summed E-state index contributed by atoms with van der Waals surface area (Å²) in [5.74, 6) is -0.0639. The van der Waals surface area contributed by atoms with Crippen LogP contribution in [0.15, 0.2) is 42.5 Å². The monoisotopic (exact) mass is 857 g/mol. The number of ether oxygens (including phenoxy) is 2. The van der Waals surface area contributed by atoms with Crippen molar-refractivity contribution in [2.45, 2.75) is 151 Å². The molecule has 0 saturated carbocycles. The number of aryl methyl sites for hydroxylation is 1. The van der Waals surface area contributed by atoms with E-state index >= 15 is 0 Å². The van der Waals surface area contributed by atoms with Crippen molar-refractivity contribution in [3.05, 3.63) is 93.4 Å². The van der Waals surface area contributed by atoms with Crippen molar-refractivity contribution in [3.8, 4) is 0 Å². The number of aromatic amines is 2. The molecule has 0 amide bonds. The van der Waals surface area contributed by atoms with Gasteiger partial charge in [0.15, 0.2) is 6.29 Å². The van der Waals surface area contributed by atoms with Gasteiger partial charge < -0.3 is 19.4 Å². The van der Waals surface area contributed by atoms with Crippen LogP contribution in [0.5, 0.6) is 0 Å². The Morgan fingerprint density at radius 3 is 2.19 bits per heavy atom. The number of allylic oxidation sites excluding steroid dienone is 6. The van der Waals surface area contributed by atoms with Gasteiger partial charge in [0.1, 0.15) is 12.2 Å². The van der Waals surface area contributed by atoms with E-state index in [9.17, 15) is 19.2 Å². The molecular formula is C53H68N4O6. The summed E-state index contributed by atoms with van der Waals surface area (Å²) < 4.78 is 11.2. The first kappa shape index (κ1) is 47.1. The summed E-state index contributed by atoms with van der Waals surface area (Å²) in [5.41, 5.74) is 9.68. The van der Waals surface area contributed by atoms with E-state index in [1.165, 1.54) is 44.9 Å². The maximum Gasteiger partial charge on any atom is 0.349 e. The highest BCUT2D eigenvalue weighted by Gasteiger charge is 2.38. The number of nitrogens with one attached hydrogen (secondary N) is 2. The van der Waals surface area contributed by atoms with Gasteiger partial charge in [0.2, 0.25) is 0 Å². The van der Waals surface area contributed by atoms with E-state index in [0.29, 0.717) is 69.4 Å². The Hall–Kier alpha value is -5.38. The standard InChI is InChI=1S/C53H68N4O6/c1-11-30(4)17-14-18-31(5)19-15-20-32(6)21-16-22-33(7)29-62-47(59)24-23-39-35(9)42-25-41-34(8)37(12-2)44(54-41)27-46-40(28-58)38(13-3)45(55-46)26-43-36(10)48-51(57-43)49(50(39)56-42)53(61)63-52(48)60/h12,22,25-28,30-32,35,39,56-57H,2,11,13-21,23-24,29H2,1,3-10H3/b33-22+,42-25?,44-27?,45-26?,50-49?. The van der Waals surface area contributed by atoms with Crippen molar-refractivity contribution < 1.29 is 28.7 Å². The van der Waals surface area contributed by atoms with Crippen LogP contribution in [0.1, 0.15) is 205 Å². The summed E-state index contributed by atoms with van der Waals surface area (Å²) in [5, 5.41) is 0. The van der Waals surface area contributed by atoms with Gasteiger partial charge in [-0.1, -0.05) is 105 Å². The molecule has 0 spiro atoms. The largest absolute Gasteiger partial charge is 0.461 e. The van der Waals surface area contributed by atoms with Crippen LogP contribution in [-0.4, -0.2) is 50.7 Å². The Balaban J connectivity index is 1.22. The second kappa shape index (κ2) is 20.9. The number of hydrogen-bond acceptors (Lipinski definition) is 8. The maximum absolute atomic E-state index is 13.9. The highest BCUT2D eigenvalue weighted by molar-refractivity contribution is 6.19. The van der Waals surface area contributed by atoms with E-state index in [1.807, 2.05) is 39.0 Å². The molecule has 5 atom stereocenters. The number of esters is 3. The van der Waals surface area contributed by atoms with Crippen LogP contribution < -0.4 is 0 Å². The predicted octanol–water partition coefficient (Wildman–Crippen LogP) is 12.9. The quantitative estimate of drug-likeness (QED) is 0.0580.